The van der Waals surface area contributed by atoms with Crippen molar-refractivity contribution >= 4 is 0 Å². The lowest BCUT2D eigenvalue weighted by atomic mass is 10.3. The van der Waals surface area contributed by atoms with Gasteiger partial charge in [0.1, 0.15) is 17.6 Å². The maximum atomic E-state index is 8.64. The number of benzene rings is 1. The van der Waals surface area contributed by atoms with E-state index in [1.54, 1.807) is 25.3 Å². The molecule has 1 heterocycles. The molecule has 4 nitrogen and oxygen atoms in total. The topological polar surface area (TPSA) is 55.1 Å². The van der Waals surface area contributed by atoms with E-state index < -0.39 is 0 Å². The molecule has 84 valence electrons. The van der Waals surface area contributed by atoms with Crippen LogP contribution in [0, 0.1) is 11.3 Å². The summed E-state index contributed by atoms with van der Waals surface area (Å²) in [5.74, 6) is 1.80. The normalized spacial score (nSPS) is 9.41. The molecule has 17 heavy (non-hydrogen) atoms. The molecule has 0 fully saturated rings. The third-order valence-corrected chi connectivity index (χ3v) is 2.13. The number of hydrogen-bond donors (Lipinski definition) is 0. The zero-order chi connectivity index (χ0) is 12.1. The number of rotatable bonds is 3. The Morgan fingerprint density at radius 3 is 2.65 bits per heavy atom. The van der Waals surface area contributed by atoms with Gasteiger partial charge in [0, 0.05) is 18.3 Å². The van der Waals surface area contributed by atoms with Crippen LogP contribution >= 0.6 is 0 Å². The maximum absolute atomic E-state index is 8.64. The second-order valence-corrected chi connectivity index (χ2v) is 3.28. The number of hydrogen-bond acceptors (Lipinski definition) is 4. The third-order valence-electron chi connectivity index (χ3n) is 2.13. The number of nitriles is 1. The zero-order valence-electron chi connectivity index (χ0n) is 9.25. The summed E-state index contributed by atoms with van der Waals surface area (Å²) in [6, 6.07) is 12.5. The SMILES string of the molecule is COc1cccc(Oc2ccc(C#N)cn2)c1. The van der Waals surface area contributed by atoms with Gasteiger partial charge in [-0.3, -0.25) is 0 Å². The zero-order valence-corrected chi connectivity index (χ0v) is 9.25. The predicted molar refractivity (Wildman–Crippen MR) is 62.0 cm³/mol. The van der Waals surface area contributed by atoms with Gasteiger partial charge >= 0.3 is 0 Å². The van der Waals surface area contributed by atoms with E-state index in [0.29, 0.717) is 17.2 Å². The van der Waals surface area contributed by atoms with E-state index >= 15 is 0 Å². The second kappa shape index (κ2) is 4.99. The van der Waals surface area contributed by atoms with Crippen molar-refractivity contribution in [3.05, 3.63) is 48.2 Å². The largest absolute Gasteiger partial charge is 0.497 e. The van der Waals surface area contributed by atoms with Gasteiger partial charge in [-0.05, 0) is 18.2 Å². The average Bonchev–Trinajstić information content (AvgIpc) is 2.40. The fraction of sp³-hybridized carbons (Fsp3) is 0.0769. The van der Waals surface area contributed by atoms with Gasteiger partial charge < -0.3 is 9.47 Å². The second-order valence-electron chi connectivity index (χ2n) is 3.28. The monoisotopic (exact) mass is 226 g/mol. The molecule has 0 amide bonds. The van der Waals surface area contributed by atoms with E-state index in [1.807, 2.05) is 24.3 Å². The van der Waals surface area contributed by atoms with E-state index in [4.69, 9.17) is 14.7 Å². The highest BCUT2D eigenvalue weighted by molar-refractivity contribution is 5.36. The summed E-state index contributed by atoms with van der Waals surface area (Å²) in [7, 11) is 1.60. The van der Waals surface area contributed by atoms with Gasteiger partial charge in [-0.15, -0.1) is 0 Å². The molecular weight excluding hydrogens is 216 g/mol. The Bertz CT molecular complexity index is 544. The van der Waals surface area contributed by atoms with Crippen molar-refractivity contribution in [3.63, 3.8) is 0 Å². The Morgan fingerprint density at radius 2 is 2.00 bits per heavy atom. The minimum Gasteiger partial charge on any atom is -0.497 e. The average molecular weight is 226 g/mol. The highest BCUT2D eigenvalue weighted by Gasteiger charge is 2.00. The summed E-state index contributed by atoms with van der Waals surface area (Å²) in [5.41, 5.74) is 0.503. The minimum absolute atomic E-state index is 0.442. The van der Waals surface area contributed by atoms with Crippen LogP contribution in [-0.4, -0.2) is 12.1 Å². The van der Waals surface area contributed by atoms with Crippen LogP contribution in [0.4, 0.5) is 0 Å². The Kier molecular flexibility index (Phi) is 3.22. The summed E-state index contributed by atoms with van der Waals surface area (Å²) in [5, 5.41) is 8.64. The standard InChI is InChI=1S/C13H10N2O2/c1-16-11-3-2-4-12(7-11)17-13-6-5-10(8-14)9-15-13/h2-7,9H,1H3. The lowest BCUT2D eigenvalue weighted by Gasteiger charge is -2.05. The van der Waals surface area contributed by atoms with Crippen molar-refractivity contribution in [1.82, 2.24) is 4.98 Å². The summed E-state index contributed by atoms with van der Waals surface area (Å²) < 4.78 is 10.6. The number of aromatic nitrogens is 1. The predicted octanol–water partition coefficient (Wildman–Crippen LogP) is 2.75. The lowest BCUT2D eigenvalue weighted by Crippen LogP contribution is -1.89. The Balaban J connectivity index is 2.16. The molecule has 0 atom stereocenters. The Morgan fingerprint density at radius 1 is 1.18 bits per heavy atom. The van der Waals surface area contributed by atoms with E-state index in [1.165, 1.54) is 6.20 Å². The maximum Gasteiger partial charge on any atom is 0.219 e. The van der Waals surface area contributed by atoms with Gasteiger partial charge in [0.25, 0.3) is 0 Å². The van der Waals surface area contributed by atoms with Crippen LogP contribution < -0.4 is 9.47 Å². The number of nitrogens with zero attached hydrogens (tertiary/aromatic N) is 2. The molecule has 2 aromatic rings. The lowest BCUT2D eigenvalue weighted by molar-refractivity contribution is 0.407. The molecule has 1 aromatic heterocycles. The van der Waals surface area contributed by atoms with Crippen molar-refractivity contribution in [2.45, 2.75) is 0 Å². The van der Waals surface area contributed by atoms with Crippen molar-refractivity contribution in [1.29, 1.82) is 5.26 Å². The van der Waals surface area contributed by atoms with Gasteiger partial charge in [-0.2, -0.15) is 5.26 Å². The molecular formula is C13H10N2O2. The van der Waals surface area contributed by atoms with Crippen molar-refractivity contribution in [2.24, 2.45) is 0 Å². The molecule has 0 unspecified atom stereocenters. The quantitative estimate of drug-likeness (QED) is 0.807. The van der Waals surface area contributed by atoms with Crippen molar-refractivity contribution in [2.75, 3.05) is 7.11 Å². The Labute approximate surface area is 99.1 Å². The summed E-state index contributed by atoms with van der Waals surface area (Å²) >= 11 is 0. The first-order valence-electron chi connectivity index (χ1n) is 5.00. The summed E-state index contributed by atoms with van der Waals surface area (Å²) in [6.07, 6.45) is 1.47. The van der Waals surface area contributed by atoms with Crippen LogP contribution in [0.3, 0.4) is 0 Å². The van der Waals surface area contributed by atoms with Gasteiger partial charge in [0.05, 0.1) is 12.7 Å². The van der Waals surface area contributed by atoms with Crippen LogP contribution in [0.1, 0.15) is 5.56 Å². The van der Waals surface area contributed by atoms with E-state index in [9.17, 15) is 0 Å². The third kappa shape index (κ3) is 2.73. The summed E-state index contributed by atoms with van der Waals surface area (Å²) in [6.45, 7) is 0. The van der Waals surface area contributed by atoms with Crippen LogP contribution in [0.2, 0.25) is 0 Å². The van der Waals surface area contributed by atoms with Gasteiger partial charge in [-0.1, -0.05) is 6.07 Å². The summed E-state index contributed by atoms with van der Waals surface area (Å²) in [4.78, 5) is 4.01. The van der Waals surface area contributed by atoms with Gasteiger partial charge in [0.2, 0.25) is 5.88 Å². The molecule has 0 aliphatic carbocycles. The fourth-order valence-electron chi connectivity index (χ4n) is 1.29. The van der Waals surface area contributed by atoms with Crippen molar-refractivity contribution in [3.8, 4) is 23.4 Å². The molecule has 0 aliphatic rings. The molecule has 0 aliphatic heterocycles. The molecule has 0 saturated heterocycles. The molecule has 1 aromatic carbocycles. The van der Waals surface area contributed by atoms with Crippen LogP contribution in [-0.2, 0) is 0 Å². The minimum atomic E-state index is 0.442. The molecule has 0 N–H and O–H groups in total. The van der Waals surface area contributed by atoms with E-state index in [2.05, 4.69) is 4.98 Å². The molecule has 0 spiro atoms. The molecule has 2 rings (SSSR count). The van der Waals surface area contributed by atoms with Crippen LogP contribution in [0.25, 0.3) is 0 Å². The highest BCUT2D eigenvalue weighted by atomic mass is 16.5. The fourth-order valence-corrected chi connectivity index (χ4v) is 1.29. The van der Waals surface area contributed by atoms with Gasteiger partial charge in [-0.25, -0.2) is 4.98 Å². The first-order valence-corrected chi connectivity index (χ1v) is 5.00. The van der Waals surface area contributed by atoms with E-state index in [-0.39, 0.29) is 0 Å². The van der Waals surface area contributed by atoms with Crippen LogP contribution in [0.5, 0.6) is 17.4 Å². The number of pyridine rings is 1. The molecule has 0 radical (unpaired) electrons. The molecule has 0 saturated carbocycles. The van der Waals surface area contributed by atoms with E-state index in [0.717, 1.165) is 5.75 Å². The highest BCUT2D eigenvalue weighted by Crippen LogP contribution is 2.23. The van der Waals surface area contributed by atoms with Crippen LogP contribution in [0.15, 0.2) is 42.6 Å². The van der Waals surface area contributed by atoms with Gasteiger partial charge in [0.15, 0.2) is 0 Å². The number of methoxy groups -OCH3 is 1. The number of ether oxygens (including phenoxy) is 2. The first kappa shape index (κ1) is 11.0. The first-order chi connectivity index (χ1) is 8.31. The van der Waals surface area contributed by atoms with Crippen molar-refractivity contribution < 1.29 is 9.47 Å². The Hall–Kier alpha value is -2.54. The molecule has 4 heteroatoms. The smallest absolute Gasteiger partial charge is 0.219 e. The molecule has 0 bridgehead atoms.